The fraction of sp³-hybridized carbons (Fsp3) is 0.180. The van der Waals surface area contributed by atoms with E-state index in [0.717, 1.165) is 0 Å². The van der Waals surface area contributed by atoms with Crippen molar-refractivity contribution in [2.24, 2.45) is 0 Å². The Balaban J connectivity index is 0.000000602. The van der Waals surface area contributed by atoms with Crippen molar-refractivity contribution in [1.82, 2.24) is 28.7 Å². The molecule has 0 spiro atoms. The predicted octanol–water partition coefficient (Wildman–Crippen LogP) is 11.1. The van der Waals surface area contributed by atoms with Crippen molar-refractivity contribution in [3.05, 3.63) is 249 Å². The number of hydrogen-bond donors (Lipinski definition) is 1. The summed E-state index contributed by atoms with van der Waals surface area (Å²) in [6.45, 7) is 3.81. The molecule has 6 aromatic carbocycles. The summed E-state index contributed by atoms with van der Waals surface area (Å²) < 4.78 is 95.7. The topological polar surface area (TPSA) is 173 Å². The number of imidazole rings is 3. The van der Waals surface area contributed by atoms with Crippen LogP contribution in [0.3, 0.4) is 0 Å². The van der Waals surface area contributed by atoms with Gasteiger partial charge in [0.1, 0.15) is 46.6 Å². The molecule has 0 aliphatic rings. The molecule has 426 valence electrons. The average Bonchev–Trinajstić information content (AvgIpc) is 4.40. The van der Waals surface area contributed by atoms with Gasteiger partial charge in [-0.2, -0.15) is 0 Å². The zero-order chi connectivity index (χ0) is 55.0. The van der Waals surface area contributed by atoms with E-state index in [1.165, 1.54) is 119 Å². The van der Waals surface area contributed by atoms with Crippen molar-refractivity contribution in [3.8, 4) is 28.9 Å². The van der Waals surface area contributed by atoms with Gasteiger partial charge >= 0.3 is 36.8 Å². The summed E-state index contributed by atoms with van der Waals surface area (Å²) in [4.78, 5) is 48.4. The minimum absolute atomic E-state index is 0. The van der Waals surface area contributed by atoms with Gasteiger partial charge in [0.15, 0.2) is 22.9 Å². The number of hydrogen-bond acceptors (Lipinski definition) is 9. The number of nitrogens with zero attached hydrogens (tertiary/aromatic N) is 6. The molecule has 3 heterocycles. The van der Waals surface area contributed by atoms with Crippen LogP contribution < -0.4 is 18.9 Å². The summed E-state index contributed by atoms with van der Waals surface area (Å²) in [5.41, 5.74) is 3.01. The maximum Gasteiger partial charge on any atom is 1.00 e. The van der Waals surface area contributed by atoms with E-state index >= 15 is 0 Å². The fourth-order valence-electron chi connectivity index (χ4n) is 7.66. The normalized spacial score (nSPS) is 9.91. The molecule has 0 saturated carbocycles. The Labute approximate surface area is 490 Å². The molecular formula is C61H60ClF6LiN6O7. The van der Waals surface area contributed by atoms with E-state index in [1.807, 2.05) is 0 Å². The van der Waals surface area contributed by atoms with Crippen molar-refractivity contribution < 1.29 is 81.1 Å². The van der Waals surface area contributed by atoms with Gasteiger partial charge in [0.05, 0.1) is 42.4 Å². The van der Waals surface area contributed by atoms with Crippen LogP contribution in [-0.2, 0) is 35.2 Å². The Morgan fingerprint density at radius 1 is 0.512 bits per heavy atom. The van der Waals surface area contributed by atoms with E-state index in [1.54, 1.807) is 66.9 Å². The third kappa shape index (κ3) is 17.7. The molecule has 0 saturated heterocycles. The molecule has 13 nitrogen and oxygen atoms in total. The Kier molecular flexibility index (Phi) is 28.1. The van der Waals surface area contributed by atoms with Gasteiger partial charge in [-0.1, -0.05) is 82.3 Å². The summed E-state index contributed by atoms with van der Waals surface area (Å²) >= 11 is 5.98. The van der Waals surface area contributed by atoms with Crippen molar-refractivity contribution in [2.45, 2.75) is 61.8 Å². The van der Waals surface area contributed by atoms with Crippen molar-refractivity contribution in [3.63, 3.8) is 0 Å². The Hall–Kier alpha value is -8.65. The SMILES string of the molecule is C.C.C.CCOC(=O)c1cnc(C#Cc2c(F)cccc2Cl)n1-c1ccc(F)cc1.CCOC(=O)c1cnc(CCc2ccccc2F)n1-c1ccc(F)cc1.O=C(O)c1cnc(CCc2ccccc2F)n1-c1ccc(F)cc1.[HH].[Li+].[OH-]. The number of carboxylic acids is 1. The van der Waals surface area contributed by atoms with Crippen LogP contribution in [-0.4, -0.2) is 70.4 Å². The Bertz CT molecular complexity index is 3570. The molecule has 0 bridgehead atoms. The number of carbonyl (C=O) groups excluding carboxylic acids is 2. The fourth-order valence-corrected chi connectivity index (χ4v) is 7.87. The van der Waals surface area contributed by atoms with Crippen molar-refractivity contribution in [2.75, 3.05) is 13.2 Å². The van der Waals surface area contributed by atoms with Gasteiger partial charge in [-0.25, -0.2) is 55.7 Å². The smallest absolute Gasteiger partial charge is 0.870 e. The van der Waals surface area contributed by atoms with Gasteiger partial charge in [-0.3, -0.25) is 13.7 Å². The summed E-state index contributed by atoms with van der Waals surface area (Å²) in [6, 6.07) is 33.8. The molecule has 2 N–H and O–H groups in total. The minimum Gasteiger partial charge on any atom is -0.870 e. The largest absolute Gasteiger partial charge is 1.00 e. The molecule has 0 aliphatic heterocycles. The van der Waals surface area contributed by atoms with Gasteiger partial charge in [-0.05, 0) is 141 Å². The molecule has 9 aromatic rings. The van der Waals surface area contributed by atoms with E-state index in [9.17, 15) is 45.8 Å². The van der Waals surface area contributed by atoms with Crippen LogP contribution in [0.4, 0.5) is 26.3 Å². The first kappa shape index (κ1) is 69.5. The third-order valence-corrected chi connectivity index (χ3v) is 11.6. The quantitative estimate of drug-likeness (QED) is 0.0478. The Morgan fingerprint density at radius 2 is 0.890 bits per heavy atom. The molecule has 0 unspecified atom stereocenters. The van der Waals surface area contributed by atoms with E-state index in [-0.39, 0.29) is 112 Å². The molecule has 0 atom stereocenters. The first-order chi connectivity index (χ1) is 37.2. The maximum atomic E-state index is 13.9. The van der Waals surface area contributed by atoms with Crippen molar-refractivity contribution >= 4 is 29.5 Å². The first-order valence-electron chi connectivity index (χ1n) is 23.7. The van der Waals surface area contributed by atoms with E-state index in [0.29, 0.717) is 65.5 Å². The molecule has 82 heavy (non-hydrogen) atoms. The summed E-state index contributed by atoms with van der Waals surface area (Å²) in [7, 11) is 0. The second-order valence-electron chi connectivity index (χ2n) is 16.3. The summed E-state index contributed by atoms with van der Waals surface area (Å²) in [6.07, 6.45) is 5.55. The number of carbonyl (C=O) groups is 3. The van der Waals surface area contributed by atoms with Crippen LogP contribution >= 0.6 is 11.6 Å². The second kappa shape index (κ2) is 33.2. The first-order valence-corrected chi connectivity index (χ1v) is 24.0. The second-order valence-corrected chi connectivity index (χ2v) is 16.7. The van der Waals surface area contributed by atoms with Crippen LogP contribution in [0, 0.1) is 46.7 Å². The van der Waals surface area contributed by atoms with Crippen LogP contribution in [0.1, 0.15) is 103 Å². The summed E-state index contributed by atoms with van der Waals surface area (Å²) in [5, 5.41) is 9.49. The molecule has 9 rings (SSSR count). The standard InChI is InChI=1S/C20H13ClF2N2O2.C20H18F2N2O2.C18H14F2N2O2.3CH4.Li.H2O.H2/c1-2-27-20(26)18-12-24-19(25(18)14-8-6-13(22)7-9-14)11-10-15-16(21)4-3-5-17(15)23;1-2-26-20(25)18-13-23-19(12-7-14-5-3-4-6-17(14)22)24(18)16-10-8-15(21)9-11-16;19-13-6-8-14(9-7-13)22-16(18(23)24)11-21-17(22)10-5-12-3-1-2-4-15(12)20;;;;;;/h3-9,12H,2H2,1H3;3-6,8-11,13H,2,7,12H2,1H3;1-4,6-9,11H,5,10H2,(H,23,24);3*1H4;;1H2;1H/q;;;;;;+1;;/p-1. The van der Waals surface area contributed by atoms with E-state index < -0.39 is 35.4 Å². The van der Waals surface area contributed by atoms with Gasteiger partial charge in [0, 0.05) is 31.3 Å². The number of aromatic nitrogens is 6. The number of ether oxygens (including phenoxy) is 2. The van der Waals surface area contributed by atoms with Crippen LogP contribution in [0.15, 0.2) is 158 Å². The van der Waals surface area contributed by atoms with Gasteiger partial charge < -0.3 is 20.1 Å². The van der Waals surface area contributed by atoms with Gasteiger partial charge in [0.2, 0.25) is 0 Å². The number of aryl methyl sites for hydroxylation is 4. The molecule has 0 aliphatic carbocycles. The maximum absolute atomic E-state index is 13.9. The zero-order valence-electron chi connectivity index (χ0n) is 42.5. The van der Waals surface area contributed by atoms with Gasteiger partial charge in [-0.15, -0.1) is 0 Å². The molecular weight excluding hydrogens is 1090 g/mol. The number of carboxylic acid groups (broad SMARTS) is 1. The average molecular weight is 1150 g/mol. The minimum atomic E-state index is -1.14. The van der Waals surface area contributed by atoms with E-state index in [4.69, 9.17) is 21.1 Å². The number of rotatable bonds is 14. The summed E-state index contributed by atoms with van der Waals surface area (Å²) in [5.74, 6) is 1.93. The molecule has 21 heteroatoms. The van der Waals surface area contributed by atoms with Crippen LogP contribution in [0.2, 0.25) is 5.02 Å². The van der Waals surface area contributed by atoms with Crippen LogP contribution in [0.25, 0.3) is 17.1 Å². The van der Waals surface area contributed by atoms with E-state index in [2.05, 4.69) is 26.8 Å². The monoisotopic (exact) mass is 1140 g/mol. The molecule has 0 amide bonds. The van der Waals surface area contributed by atoms with Crippen LogP contribution in [0.5, 0.6) is 0 Å². The number of halogens is 7. The predicted molar refractivity (Wildman–Crippen MR) is 299 cm³/mol. The van der Waals surface area contributed by atoms with Crippen molar-refractivity contribution in [1.29, 1.82) is 0 Å². The zero-order valence-corrected chi connectivity index (χ0v) is 43.3. The molecule has 0 fully saturated rings. The number of esters is 2. The molecule has 3 aromatic heterocycles. The Morgan fingerprint density at radius 3 is 1.30 bits per heavy atom. The third-order valence-electron chi connectivity index (χ3n) is 11.3. The van der Waals surface area contributed by atoms with Gasteiger partial charge in [0.25, 0.3) is 0 Å². The number of benzene rings is 6. The molecule has 0 radical (unpaired) electrons. The number of aromatic carboxylic acids is 1.